The molecule has 0 aliphatic carbocycles. The maximum atomic E-state index is 12.7. The number of hydrogen-bond acceptors (Lipinski definition) is 2. The van der Waals surface area contributed by atoms with Crippen molar-refractivity contribution in [2.45, 2.75) is 6.18 Å². The number of nitrogens with one attached hydrogen (secondary N) is 2. The van der Waals surface area contributed by atoms with Gasteiger partial charge in [-0.25, -0.2) is 0 Å². The highest BCUT2D eigenvalue weighted by Gasteiger charge is 2.31. The number of amides is 1. The van der Waals surface area contributed by atoms with Gasteiger partial charge in [-0.2, -0.15) is 13.2 Å². The molecule has 2 N–H and O–H groups in total. The van der Waals surface area contributed by atoms with Crippen LogP contribution in [0.5, 0.6) is 0 Å². The Morgan fingerprint density at radius 1 is 1.17 bits per heavy atom. The molecule has 9 heteroatoms. The highest BCUT2D eigenvalue weighted by Crippen LogP contribution is 2.33. The van der Waals surface area contributed by atoms with Crippen molar-refractivity contribution in [3.8, 4) is 0 Å². The van der Waals surface area contributed by atoms with Crippen molar-refractivity contribution in [3.05, 3.63) is 62.2 Å². The summed E-state index contributed by atoms with van der Waals surface area (Å²) in [5.74, 6) is -0.472. The van der Waals surface area contributed by atoms with Crippen molar-refractivity contribution in [1.29, 1.82) is 0 Å². The molecule has 24 heavy (non-hydrogen) atoms. The van der Waals surface area contributed by atoms with E-state index in [2.05, 4.69) is 10.6 Å². The van der Waals surface area contributed by atoms with Gasteiger partial charge in [0, 0.05) is 3.57 Å². The fourth-order valence-corrected chi connectivity index (χ4v) is 2.77. The Hall–Kier alpha value is -1.39. The third-order valence-corrected chi connectivity index (χ3v) is 4.36. The van der Waals surface area contributed by atoms with Gasteiger partial charge in [0.2, 0.25) is 0 Å². The van der Waals surface area contributed by atoms with Gasteiger partial charge in [0.05, 0.1) is 21.8 Å². The molecule has 0 saturated heterocycles. The third kappa shape index (κ3) is 4.81. The molecule has 2 rings (SSSR count). The summed E-state index contributed by atoms with van der Waals surface area (Å²) in [6.45, 7) is 0. The predicted molar refractivity (Wildman–Crippen MR) is 99.3 cm³/mol. The van der Waals surface area contributed by atoms with E-state index in [1.807, 2.05) is 22.6 Å². The highest BCUT2D eigenvalue weighted by molar-refractivity contribution is 14.1. The first kappa shape index (κ1) is 18.9. The maximum absolute atomic E-state index is 12.7. The Labute approximate surface area is 159 Å². The van der Waals surface area contributed by atoms with Crippen molar-refractivity contribution in [3.63, 3.8) is 0 Å². The van der Waals surface area contributed by atoms with E-state index in [1.165, 1.54) is 0 Å². The molecule has 0 aliphatic rings. The first-order chi connectivity index (χ1) is 11.2. The van der Waals surface area contributed by atoms with Crippen LogP contribution in [0, 0.1) is 3.57 Å². The molecule has 0 atom stereocenters. The smallest absolute Gasteiger partial charge is 0.331 e. The molecule has 0 saturated carbocycles. The van der Waals surface area contributed by atoms with Crippen molar-refractivity contribution in [2.75, 3.05) is 5.32 Å². The van der Waals surface area contributed by atoms with Gasteiger partial charge in [0.1, 0.15) is 0 Å². The second kappa shape index (κ2) is 7.66. The SMILES string of the molecule is O=C(NC(=S)Nc1cc(C(F)(F)F)ccc1Cl)c1ccccc1I. The quantitative estimate of drug-likeness (QED) is 0.461. The molecule has 0 bridgehead atoms. The number of hydrogen-bond donors (Lipinski definition) is 2. The van der Waals surface area contributed by atoms with E-state index < -0.39 is 17.6 Å². The number of anilines is 1. The van der Waals surface area contributed by atoms with Crippen LogP contribution >= 0.6 is 46.4 Å². The molecule has 0 radical (unpaired) electrons. The van der Waals surface area contributed by atoms with Crippen LogP contribution < -0.4 is 10.6 Å². The van der Waals surface area contributed by atoms with Crippen molar-refractivity contribution in [2.24, 2.45) is 0 Å². The van der Waals surface area contributed by atoms with Gasteiger partial charge in [0.25, 0.3) is 5.91 Å². The molecule has 0 aromatic heterocycles. The Kier molecular flexibility index (Phi) is 6.05. The second-order valence-electron chi connectivity index (χ2n) is 4.58. The standard InChI is InChI=1S/C15H9ClF3IN2OS/c16-10-6-5-8(15(17,18)19)7-12(10)21-14(24)22-13(23)9-3-1-2-4-11(9)20/h1-7H,(H2,21,22,23,24). The van der Waals surface area contributed by atoms with Gasteiger partial charge in [-0.3, -0.25) is 10.1 Å². The summed E-state index contributed by atoms with van der Waals surface area (Å²) in [5, 5.41) is 4.81. The molecule has 1 amide bonds. The molecule has 0 aliphatic heterocycles. The first-order valence-corrected chi connectivity index (χ1v) is 8.28. The molecule has 0 unspecified atom stereocenters. The highest BCUT2D eigenvalue weighted by atomic mass is 127. The topological polar surface area (TPSA) is 41.1 Å². The zero-order chi connectivity index (χ0) is 17.9. The Bertz CT molecular complexity index is 799. The maximum Gasteiger partial charge on any atom is 0.416 e. The number of carbonyl (C=O) groups is 1. The van der Waals surface area contributed by atoms with Gasteiger partial charge >= 0.3 is 6.18 Å². The molecule has 2 aromatic carbocycles. The lowest BCUT2D eigenvalue weighted by atomic mass is 10.2. The van der Waals surface area contributed by atoms with Gasteiger partial charge in [-0.15, -0.1) is 0 Å². The molecule has 0 spiro atoms. The van der Waals surface area contributed by atoms with E-state index in [-0.39, 0.29) is 15.8 Å². The molecular weight excluding hydrogens is 476 g/mol. The van der Waals surface area contributed by atoms with Crippen LogP contribution in [0.15, 0.2) is 42.5 Å². The minimum Gasteiger partial charge on any atom is -0.331 e. The molecule has 3 nitrogen and oxygen atoms in total. The van der Waals surface area contributed by atoms with E-state index >= 15 is 0 Å². The normalized spacial score (nSPS) is 11.0. The van der Waals surface area contributed by atoms with Gasteiger partial charge in [0.15, 0.2) is 5.11 Å². The lowest BCUT2D eigenvalue weighted by Gasteiger charge is -2.14. The average molecular weight is 485 g/mol. The number of rotatable bonds is 2. The first-order valence-electron chi connectivity index (χ1n) is 6.42. The summed E-state index contributed by atoms with van der Waals surface area (Å²) in [6.07, 6.45) is -4.51. The number of halogens is 5. The summed E-state index contributed by atoms with van der Waals surface area (Å²) < 4.78 is 38.9. The minimum atomic E-state index is -4.51. The summed E-state index contributed by atoms with van der Waals surface area (Å²) in [7, 11) is 0. The molecule has 0 heterocycles. The molecule has 2 aromatic rings. The average Bonchev–Trinajstić information content (AvgIpc) is 2.48. The second-order valence-corrected chi connectivity index (χ2v) is 6.56. The van der Waals surface area contributed by atoms with Crippen LogP contribution in [-0.2, 0) is 6.18 Å². The van der Waals surface area contributed by atoms with Crippen molar-refractivity contribution in [1.82, 2.24) is 5.32 Å². The van der Waals surface area contributed by atoms with Gasteiger partial charge in [-0.05, 0) is 65.1 Å². The number of carbonyl (C=O) groups excluding carboxylic acids is 1. The van der Waals surface area contributed by atoms with Gasteiger partial charge in [-0.1, -0.05) is 23.7 Å². The Morgan fingerprint density at radius 2 is 1.83 bits per heavy atom. The van der Waals surface area contributed by atoms with E-state index in [0.717, 1.165) is 18.2 Å². The Morgan fingerprint density at radius 3 is 2.46 bits per heavy atom. The summed E-state index contributed by atoms with van der Waals surface area (Å²) >= 11 is 12.8. The van der Waals surface area contributed by atoms with E-state index in [9.17, 15) is 18.0 Å². The van der Waals surface area contributed by atoms with Crippen molar-refractivity contribution >= 4 is 63.1 Å². The summed E-state index contributed by atoms with van der Waals surface area (Å²) in [5.41, 5.74) is -0.516. The third-order valence-electron chi connectivity index (χ3n) is 2.89. The van der Waals surface area contributed by atoms with Crippen LogP contribution in [-0.4, -0.2) is 11.0 Å². The molecular formula is C15H9ClF3IN2OS. The fraction of sp³-hybridized carbons (Fsp3) is 0.0667. The zero-order valence-corrected chi connectivity index (χ0v) is 15.5. The summed E-state index contributed by atoms with van der Waals surface area (Å²) in [4.78, 5) is 12.1. The zero-order valence-electron chi connectivity index (χ0n) is 11.7. The summed E-state index contributed by atoms with van der Waals surface area (Å²) in [6, 6.07) is 9.62. The largest absolute Gasteiger partial charge is 0.416 e. The van der Waals surface area contributed by atoms with E-state index in [1.54, 1.807) is 24.3 Å². The fourth-order valence-electron chi connectivity index (χ4n) is 1.77. The van der Waals surface area contributed by atoms with Crippen LogP contribution in [0.3, 0.4) is 0 Å². The van der Waals surface area contributed by atoms with Crippen LogP contribution in [0.1, 0.15) is 15.9 Å². The monoisotopic (exact) mass is 484 g/mol. The number of alkyl halides is 3. The van der Waals surface area contributed by atoms with E-state index in [0.29, 0.717) is 9.13 Å². The van der Waals surface area contributed by atoms with E-state index in [4.69, 9.17) is 23.8 Å². The lowest BCUT2D eigenvalue weighted by Crippen LogP contribution is -2.34. The lowest BCUT2D eigenvalue weighted by molar-refractivity contribution is -0.137. The predicted octanol–water partition coefficient (Wildman–Crippen LogP) is 5.09. The number of benzene rings is 2. The van der Waals surface area contributed by atoms with Crippen LogP contribution in [0.4, 0.5) is 18.9 Å². The molecule has 0 fully saturated rings. The van der Waals surface area contributed by atoms with Crippen LogP contribution in [0.2, 0.25) is 5.02 Å². The van der Waals surface area contributed by atoms with Gasteiger partial charge < -0.3 is 5.32 Å². The number of thiocarbonyl (C=S) groups is 1. The Balaban J connectivity index is 2.13. The van der Waals surface area contributed by atoms with Crippen molar-refractivity contribution < 1.29 is 18.0 Å². The minimum absolute atomic E-state index is 0.0421. The van der Waals surface area contributed by atoms with Crippen LogP contribution in [0.25, 0.3) is 0 Å². The molecule has 126 valence electrons.